The Bertz CT molecular complexity index is 960. The molecule has 10 heteroatoms. The van der Waals surface area contributed by atoms with Gasteiger partial charge in [-0.1, -0.05) is 30.3 Å². The molecule has 1 aliphatic heterocycles. The summed E-state index contributed by atoms with van der Waals surface area (Å²) in [6.07, 6.45) is -4.77. The van der Waals surface area contributed by atoms with Gasteiger partial charge in [0.25, 0.3) is 0 Å². The number of hydrogen-bond donors (Lipinski definition) is 1. The first kappa shape index (κ1) is 19.7. The molecule has 0 radical (unpaired) electrons. The van der Waals surface area contributed by atoms with E-state index in [1.165, 1.54) is 24.1 Å². The van der Waals surface area contributed by atoms with Crippen LogP contribution in [0.5, 0.6) is 5.75 Å². The van der Waals surface area contributed by atoms with Crippen LogP contribution in [-0.2, 0) is 4.74 Å². The van der Waals surface area contributed by atoms with Crippen LogP contribution in [0.2, 0.25) is 0 Å². The Hall–Kier alpha value is -2.56. The quantitative estimate of drug-likeness (QED) is 0.616. The lowest BCUT2D eigenvalue weighted by Gasteiger charge is -2.26. The molecule has 2 heterocycles. The molecule has 2 aromatic carbocycles. The van der Waals surface area contributed by atoms with Crippen molar-refractivity contribution in [1.29, 1.82) is 0 Å². The van der Waals surface area contributed by atoms with Gasteiger partial charge in [0.15, 0.2) is 11.6 Å². The third kappa shape index (κ3) is 5.08. The fraction of sp³-hybridized carbons (Fsp3) is 0.263. The second-order valence-corrected chi connectivity index (χ2v) is 7.37. The fourth-order valence-electron chi connectivity index (χ4n) is 2.83. The number of nitrogens with one attached hydrogen (secondary N) is 1. The van der Waals surface area contributed by atoms with E-state index in [4.69, 9.17) is 4.74 Å². The van der Waals surface area contributed by atoms with Gasteiger partial charge in [-0.25, -0.2) is 4.31 Å². The van der Waals surface area contributed by atoms with Crippen LogP contribution >= 0.6 is 11.9 Å². The smallest absolute Gasteiger partial charge is 0.405 e. The van der Waals surface area contributed by atoms with Gasteiger partial charge in [0.1, 0.15) is 5.75 Å². The van der Waals surface area contributed by atoms with E-state index >= 15 is 0 Å². The molecule has 4 rings (SSSR count). The summed E-state index contributed by atoms with van der Waals surface area (Å²) in [6, 6.07) is 13.9. The number of H-pyrrole nitrogens is 1. The highest BCUT2D eigenvalue weighted by molar-refractivity contribution is 7.97. The number of ether oxygens (including phenoxy) is 2. The van der Waals surface area contributed by atoms with Gasteiger partial charge in [-0.15, -0.1) is 23.4 Å². The van der Waals surface area contributed by atoms with Crippen LogP contribution in [0.4, 0.5) is 13.2 Å². The summed E-state index contributed by atoms with van der Waals surface area (Å²) in [6.45, 7) is 2.29. The standard InChI is InChI=1S/C19H17F3N4O2S/c20-19(21,22)28-15-7-6-14(12-16(15)29-26-8-10-27-11-9-26)18-23-17(24-25-18)13-4-2-1-3-5-13/h1-7,12H,8-11H2,(H,23,24,25). The molecule has 152 valence electrons. The summed E-state index contributed by atoms with van der Waals surface area (Å²) in [5.74, 6) is 0.797. The predicted molar refractivity (Wildman–Crippen MR) is 102 cm³/mol. The van der Waals surface area contributed by atoms with Crippen molar-refractivity contribution in [1.82, 2.24) is 19.5 Å². The Morgan fingerprint density at radius 1 is 0.966 bits per heavy atom. The summed E-state index contributed by atoms with van der Waals surface area (Å²) in [5.41, 5.74) is 1.48. The molecule has 0 aliphatic carbocycles. The minimum atomic E-state index is -4.77. The van der Waals surface area contributed by atoms with E-state index in [0.29, 0.717) is 48.4 Å². The van der Waals surface area contributed by atoms with E-state index in [1.54, 1.807) is 6.07 Å². The van der Waals surface area contributed by atoms with Crippen molar-refractivity contribution in [2.75, 3.05) is 26.3 Å². The number of aromatic amines is 1. The van der Waals surface area contributed by atoms with Crippen molar-refractivity contribution in [3.05, 3.63) is 48.5 Å². The highest BCUT2D eigenvalue weighted by Crippen LogP contribution is 2.38. The molecule has 0 unspecified atom stereocenters. The maximum atomic E-state index is 12.8. The molecule has 1 aliphatic rings. The van der Waals surface area contributed by atoms with Gasteiger partial charge < -0.3 is 14.5 Å². The molecule has 0 bridgehead atoms. The zero-order valence-electron chi connectivity index (χ0n) is 15.1. The third-order valence-corrected chi connectivity index (χ3v) is 5.31. The number of rotatable bonds is 5. The molecule has 0 atom stereocenters. The molecule has 1 saturated heterocycles. The van der Waals surface area contributed by atoms with Gasteiger partial charge in [-0.3, -0.25) is 0 Å². The lowest BCUT2D eigenvalue weighted by atomic mass is 10.2. The first-order valence-electron chi connectivity index (χ1n) is 8.87. The summed E-state index contributed by atoms with van der Waals surface area (Å²) < 4.78 is 49.9. The predicted octanol–water partition coefficient (Wildman–Crippen LogP) is 4.38. The number of morpholine rings is 1. The topological polar surface area (TPSA) is 63.3 Å². The molecule has 1 N–H and O–H groups in total. The van der Waals surface area contributed by atoms with Crippen LogP contribution in [0.15, 0.2) is 53.4 Å². The van der Waals surface area contributed by atoms with Crippen LogP contribution in [0.3, 0.4) is 0 Å². The van der Waals surface area contributed by atoms with E-state index < -0.39 is 6.36 Å². The highest BCUT2D eigenvalue weighted by Gasteiger charge is 2.32. The minimum Gasteiger partial charge on any atom is -0.405 e. The average molecular weight is 422 g/mol. The molecule has 0 amide bonds. The van der Waals surface area contributed by atoms with Gasteiger partial charge in [0, 0.05) is 24.2 Å². The van der Waals surface area contributed by atoms with Crippen molar-refractivity contribution in [2.24, 2.45) is 0 Å². The second-order valence-electron chi connectivity index (χ2n) is 6.23. The average Bonchev–Trinajstić information content (AvgIpc) is 3.20. The summed E-state index contributed by atoms with van der Waals surface area (Å²) in [7, 11) is 0. The number of alkyl halides is 3. The van der Waals surface area contributed by atoms with E-state index in [0.717, 1.165) is 5.56 Å². The fourth-order valence-corrected chi connectivity index (χ4v) is 3.82. The number of aromatic nitrogens is 3. The van der Waals surface area contributed by atoms with Crippen molar-refractivity contribution in [2.45, 2.75) is 11.3 Å². The van der Waals surface area contributed by atoms with Gasteiger partial charge in [0.2, 0.25) is 0 Å². The van der Waals surface area contributed by atoms with Gasteiger partial charge >= 0.3 is 6.36 Å². The lowest BCUT2D eigenvalue weighted by molar-refractivity contribution is -0.275. The molecule has 0 saturated carbocycles. The Morgan fingerprint density at radius 2 is 1.66 bits per heavy atom. The maximum Gasteiger partial charge on any atom is 0.573 e. The summed E-state index contributed by atoms with van der Waals surface area (Å²) in [5, 5.41) is 8.28. The SMILES string of the molecule is FC(F)(F)Oc1ccc(-c2nnc(-c3ccccc3)[nH]2)cc1SN1CCOCC1. The normalized spacial score (nSPS) is 15.4. The minimum absolute atomic E-state index is 0.250. The van der Waals surface area contributed by atoms with Gasteiger partial charge in [-0.2, -0.15) is 0 Å². The van der Waals surface area contributed by atoms with E-state index in [9.17, 15) is 13.2 Å². The molecule has 1 fully saturated rings. The Kier molecular flexibility index (Phi) is 5.74. The van der Waals surface area contributed by atoms with Crippen molar-refractivity contribution in [3.63, 3.8) is 0 Å². The summed E-state index contributed by atoms with van der Waals surface area (Å²) >= 11 is 1.21. The molecule has 3 aromatic rings. The van der Waals surface area contributed by atoms with Crippen LogP contribution in [0, 0.1) is 0 Å². The first-order chi connectivity index (χ1) is 14.0. The van der Waals surface area contributed by atoms with E-state index in [1.807, 2.05) is 34.6 Å². The van der Waals surface area contributed by atoms with E-state index in [-0.39, 0.29) is 5.75 Å². The zero-order chi connectivity index (χ0) is 20.3. The maximum absolute atomic E-state index is 12.8. The molecule has 0 spiro atoms. The highest BCUT2D eigenvalue weighted by atomic mass is 32.2. The molecular formula is C19H17F3N4O2S. The monoisotopic (exact) mass is 422 g/mol. The van der Waals surface area contributed by atoms with Crippen molar-refractivity contribution in [3.8, 4) is 28.5 Å². The first-order valence-corrected chi connectivity index (χ1v) is 9.64. The van der Waals surface area contributed by atoms with Gasteiger partial charge in [-0.05, 0) is 30.1 Å². The largest absolute Gasteiger partial charge is 0.573 e. The molecule has 6 nitrogen and oxygen atoms in total. The summed E-state index contributed by atoms with van der Waals surface area (Å²) in [4.78, 5) is 3.46. The van der Waals surface area contributed by atoms with Gasteiger partial charge in [0.05, 0.1) is 18.1 Å². The van der Waals surface area contributed by atoms with Crippen LogP contribution in [0.1, 0.15) is 0 Å². The molecule has 29 heavy (non-hydrogen) atoms. The molecule has 1 aromatic heterocycles. The van der Waals surface area contributed by atoms with Crippen LogP contribution < -0.4 is 4.74 Å². The third-order valence-electron chi connectivity index (χ3n) is 4.17. The number of nitrogens with zero attached hydrogens (tertiary/aromatic N) is 3. The Balaban J connectivity index is 1.63. The number of hydrogen-bond acceptors (Lipinski definition) is 6. The van der Waals surface area contributed by atoms with E-state index in [2.05, 4.69) is 19.9 Å². The van der Waals surface area contributed by atoms with Crippen LogP contribution in [-0.4, -0.2) is 52.2 Å². The Labute approximate surface area is 169 Å². The van der Waals surface area contributed by atoms with Crippen molar-refractivity contribution >= 4 is 11.9 Å². The number of benzene rings is 2. The molecular weight excluding hydrogens is 405 g/mol. The van der Waals surface area contributed by atoms with Crippen molar-refractivity contribution < 1.29 is 22.6 Å². The zero-order valence-corrected chi connectivity index (χ0v) is 16.0. The lowest BCUT2D eigenvalue weighted by Crippen LogP contribution is -2.31. The Morgan fingerprint density at radius 3 is 2.34 bits per heavy atom. The van der Waals surface area contributed by atoms with Crippen LogP contribution in [0.25, 0.3) is 22.8 Å². The number of halogens is 3. The second kappa shape index (κ2) is 8.44.